The highest BCUT2D eigenvalue weighted by Crippen LogP contribution is 2.39. The molecule has 19 rings (SSSR count). The Bertz CT molecular complexity index is 5470. The van der Waals surface area contributed by atoms with Crippen molar-refractivity contribution in [3.05, 3.63) is 309 Å². The van der Waals surface area contributed by atoms with Gasteiger partial charge >= 0.3 is 0 Å². The Kier molecular flexibility index (Phi) is 19.4. The second kappa shape index (κ2) is 29.8. The Balaban J connectivity index is 0.000000111. The summed E-state index contributed by atoms with van der Waals surface area (Å²) in [6.45, 7) is 15.6. The maximum absolute atomic E-state index is 13.0. The van der Waals surface area contributed by atoms with Crippen LogP contribution in [0.4, 0.5) is 5.82 Å². The summed E-state index contributed by atoms with van der Waals surface area (Å²) in [5.41, 5.74) is 32.5. The number of rotatable bonds is 10. The largest absolute Gasteiger partial charge is 0.392 e. The number of hydrogen-bond donors (Lipinski definition) is 3. The van der Waals surface area contributed by atoms with E-state index in [0.29, 0.717) is 80.9 Å². The summed E-state index contributed by atoms with van der Waals surface area (Å²) in [5.74, 6) is 1.46. The van der Waals surface area contributed by atoms with Gasteiger partial charge in [-0.2, -0.15) is 5.10 Å². The molecule has 21 heteroatoms. The van der Waals surface area contributed by atoms with Gasteiger partial charge in [0.2, 0.25) is 23.6 Å². The van der Waals surface area contributed by atoms with Crippen molar-refractivity contribution in [1.29, 1.82) is 0 Å². The van der Waals surface area contributed by atoms with Crippen LogP contribution in [0.15, 0.2) is 197 Å². The number of nitrogens with zero attached hydrogens (tertiary/aromatic N) is 12. The molecular weight excluding hydrogens is 1370 g/mol. The second-order valence-corrected chi connectivity index (χ2v) is 29.7. The van der Waals surface area contributed by atoms with Crippen LogP contribution < -0.4 is 5.73 Å². The van der Waals surface area contributed by atoms with Crippen LogP contribution in [0.3, 0.4) is 0 Å². The van der Waals surface area contributed by atoms with Crippen LogP contribution in [0, 0.1) is 6.92 Å². The number of anilines is 1. The first kappa shape index (κ1) is 70.4. The number of nitrogen functional groups attached to an aromatic ring is 1. The minimum absolute atomic E-state index is 0.0142. The van der Waals surface area contributed by atoms with Gasteiger partial charge in [-0.3, -0.25) is 53.9 Å². The zero-order valence-corrected chi connectivity index (χ0v) is 61.8. The topological polar surface area (TPSA) is 252 Å². The molecule has 12 heterocycles. The number of amidine groups is 1. The van der Waals surface area contributed by atoms with Crippen LogP contribution in [0.2, 0.25) is 0 Å². The van der Waals surface area contributed by atoms with Crippen LogP contribution in [0.5, 0.6) is 0 Å². The number of H-pyrrole nitrogens is 1. The van der Waals surface area contributed by atoms with E-state index in [1.54, 1.807) is 23.5 Å². The Morgan fingerprint density at radius 3 is 1.80 bits per heavy atom. The maximum atomic E-state index is 13.0. The fraction of sp³-hybridized carbons (Fsp3) is 0.264. The number of aliphatic hydroxyl groups excluding tert-OH is 1. The molecule has 0 radical (unpaired) electrons. The zero-order valence-electron chi connectivity index (χ0n) is 60.9. The molecule has 542 valence electrons. The molecule has 4 aromatic heterocycles. The molecule has 0 fully saturated rings. The molecule has 7 aromatic carbocycles. The number of pyridine rings is 2. The number of thiazole rings is 1. The second-order valence-electron chi connectivity index (χ2n) is 28.8. The highest BCUT2D eigenvalue weighted by atomic mass is 32.1. The predicted molar refractivity (Wildman–Crippen MR) is 417 cm³/mol. The number of aliphatic imine (C=N–C) groups is 3. The zero-order chi connectivity index (χ0) is 74.4. The molecule has 0 saturated carbocycles. The molecule has 0 saturated heterocycles. The van der Waals surface area contributed by atoms with Crippen LogP contribution >= 0.6 is 11.3 Å². The van der Waals surface area contributed by atoms with Crippen molar-refractivity contribution in [2.45, 2.75) is 143 Å². The van der Waals surface area contributed by atoms with E-state index in [4.69, 9.17) is 20.7 Å². The lowest BCUT2D eigenvalue weighted by Crippen LogP contribution is -2.43. The average molecular weight is 1450 g/mol. The van der Waals surface area contributed by atoms with Gasteiger partial charge in [0.05, 0.1) is 123 Å². The van der Waals surface area contributed by atoms with Crippen molar-refractivity contribution in [1.82, 2.24) is 49.6 Å². The van der Waals surface area contributed by atoms with Gasteiger partial charge in [0.15, 0.2) is 5.82 Å². The molecule has 8 aliphatic rings. The monoisotopic (exact) mass is 1450 g/mol. The standard InChI is InChI=1S/C25H24N4OS.C24H22N4O.C20H20N2O2.C18H16N4O2/c1-16(17-5-3-2-4-6-17)29-13-20-10-21-19(9-18(20)11-24(29)30)12-26-25(21)28-8-7-22-23(14-28)31-15-27-22;1-15-10-18(8-9-25-15)23-24-20(13-26-23)11-19-12-22(29)28(14-21(19)27-24)16(2)17-6-4-3-5-7-17;1-13(14-5-3-2-4-6-14)22-11-18-15(8-20(22)24)7-16-9-21-10-17(16)19(18)12-23;1-10(11-5-3-2-4-6-11)22-16(23)8-12-7-15-14(17(19)21-20-15)9-13(12)18(22)24/h2-6,9-10,15-16H,7-8,11-14H2,1H3;3-11,16H,12-14H2,1-2H3;2-7,10,13,23H,8-9,11-12H2,1H3;2-7,9-10H,8H2,1H3,(H3,19,20,21)/t2*16-;13-;10-/m1111/s1. The molecule has 0 spiro atoms. The first-order chi connectivity index (χ1) is 52.5. The van der Waals surface area contributed by atoms with E-state index in [-0.39, 0.29) is 66.7 Å². The molecular formula is C87H82N14O6S. The highest BCUT2D eigenvalue weighted by Gasteiger charge is 2.38. The summed E-state index contributed by atoms with van der Waals surface area (Å²) < 4.78 is 0. The summed E-state index contributed by atoms with van der Waals surface area (Å²) in [6.07, 6.45) is 6.10. The molecule has 8 aliphatic heterocycles. The molecule has 0 bridgehead atoms. The van der Waals surface area contributed by atoms with Crippen LogP contribution in [0.1, 0.15) is 184 Å². The first-order valence-electron chi connectivity index (χ1n) is 36.9. The number of hydrogen-bond acceptors (Lipinski definition) is 16. The Morgan fingerprint density at radius 1 is 0.546 bits per heavy atom. The van der Waals surface area contributed by atoms with Gasteiger partial charge in [0, 0.05) is 82.2 Å². The number of nitrogens with one attached hydrogen (secondary N) is 1. The number of aryl methyl sites for hydroxylation is 1. The van der Waals surface area contributed by atoms with Gasteiger partial charge in [0.1, 0.15) is 5.84 Å². The summed E-state index contributed by atoms with van der Waals surface area (Å²) in [5, 5.41) is 17.4. The number of aliphatic hydroxyl groups is 1. The normalized spacial score (nSPS) is 16.9. The van der Waals surface area contributed by atoms with Crippen molar-refractivity contribution in [2.24, 2.45) is 15.0 Å². The van der Waals surface area contributed by atoms with Gasteiger partial charge in [0.25, 0.3) is 5.91 Å². The van der Waals surface area contributed by atoms with E-state index in [9.17, 15) is 29.1 Å². The van der Waals surface area contributed by atoms with Crippen molar-refractivity contribution in [3.8, 4) is 0 Å². The summed E-state index contributed by atoms with van der Waals surface area (Å²) in [4.78, 5) is 103. The van der Waals surface area contributed by atoms with E-state index in [1.807, 2.05) is 144 Å². The number of aromatic amines is 1. The molecule has 108 heavy (non-hydrogen) atoms. The quantitative estimate of drug-likeness (QED) is 0.108. The smallest absolute Gasteiger partial charge is 0.261 e. The van der Waals surface area contributed by atoms with Gasteiger partial charge < -0.3 is 30.4 Å². The summed E-state index contributed by atoms with van der Waals surface area (Å²) >= 11 is 1.74. The number of amides is 5. The number of fused-ring (bicyclic) bond motifs is 9. The van der Waals surface area contributed by atoms with Gasteiger partial charge in [-0.25, -0.2) is 9.97 Å². The fourth-order valence-corrected chi connectivity index (χ4v) is 17.0. The third-order valence-electron chi connectivity index (χ3n) is 22.3. The van der Waals surface area contributed by atoms with E-state index in [1.165, 1.54) is 43.3 Å². The maximum Gasteiger partial charge on any atom is 0.261 e. The summed E-state index contributed by atoms with van der Waals surface area (Å²) in [7, 11) is 0. The van der Waals surface area contributed by atoms with Crippen molar-refractivity contribution < 1.29 is 29.1 Å². The number of benzene rings is 7. The van der Waals surface area contributed by atoms with E-state index in [0.717, 1.165) is 115 Å². The number of carbonyl (C=O) groups is 5. The molecule has 0 unspecified atom stereocenters. The Labute approximate surface area is 630 Å². The Hall–Kier alpha value is -11.9. The molecule has 5 amide bonds. The van der Waals surface area contributed by atoms with Crippen LogP contribution in [-0.2, 0) is 104 Å². The molecule has 4 atom stereocenters. The predicted octanol–water partition coefficient (Wildman–Crippen LogP) is 13.1. The SMILES string of the molecule is C[C@H](c1ccccc1)N1C(=O)Cc2cc3[nH]nc(N)c3cc2C1=O.C[C@H](c1ccccc1)N1Cc2c(cc3c(c2CO)C=NC3)CC1=O.C[C@H](c1ccccc1)N1Cc2cc3c(cc2CC1=O)CN=C3N1CCc2ncsc2C1.Cc1cc(C2=NCc3cc4c(nc32)CN([C@H](C)c2ccccc2)C(=O)C4)ccn1. The third-order valence-corrected chi connectivity index (χ3v) is 23.2. The lowest BCUT2D eigenvalue weighted by atomic mass is 9.88. The van der Waals surface area contributed by atoms with E-state index in [2.05, 4.69) is 111 Å². The minimum atomic E-state index is -0.322. The summed E-state index contributed by atoms with van der Waals surface area (Å²) in [6, 6.07) is 56.1. The van der Waals surface area contributed by atoms with Gasteiger partial charge in [-0.05, 0) is 143 Å². The minimum Gasteiger partial charge on any atom is -0.392 e. The number of imide groups is 1. The first-order valence-corrected chi connectivity index (χ1v) is 37.7. The van der Waals surface area contributed by atoms with Crippen LogP contribution in [-0.4, -0.2) is 109 Å². The number of aromatic nitrogens is 5. The highest BCUT2D eigenvalue weighted by molar-refractivity contribution is 7.09. The number of carbonyl (C=O) groups excluding carboxylic acids is 5. The molecule has 4 N–H and O–H groups in total. The average Bonchev–Trinajstić information content (AvgIpc) is 1.36. The lowest BCUT2D eigenvalue weighted by Gasteiger charge is -2.35. The fourth-order valence-electron chi connectivity index (χ4n) is 16.2. The van der Waals surface area contributed by atoms with Crippen molar-refractivity contribution >= 4 is 75.4 Å². The van der Waals surface area contributed by atoms with E-state index >= 15 is 0 Å². The van der Waals surface area contributed by atoms with Crippen molar-refractivity contribution in [2.75, 3.05) is 12.3 Å². The van der Waals surface area contributed by atoms with E-state index < -0.39 is 0 Å². The third kappa shape index (κ3) is 13.7. The Morgan fingerprint density at radius 2 is 1.14 bits per heavy atom. The van der Waals surface area contributed by atoms with Crippen LogP contribution in [0.25, 0.3) is 10.9 Å². The van der Waals surface area contributed by atoms with Crippen molar-refractivity contribution in [3.63, 3.8) is 0 Å². The molecule has 11 aromatic rings. The molecule has 20 nitrogen and oxygen atoms in total. The number of nitrogens with two attached hydrogens (primary N) is 1. The lowest BCUT2D eigenvalue weighted by molar-refractivity contribution is -0.135. The molecule has 0 aliphatic carbocycles. The van der Waals surface area contributed by atoms with Gasteiger partial charge in [-0.1, -0.05) is 133 Å². The van der Waals surface area contributed by atoms with Gasteiger partial charge in [-0.15, -0.1) is 11.3 Å².